The second-order valence-electron chi connectivity index (χ2n) is 7.03. The second-order valence-corrected chi connectivity index (χ2v) is 7.03. The van der Waals surface area contributed by atoms with Gasteiger partial charge >= 0.3 is 6.61 Å². The summed E-state index contributed by atoms with van der Waals surface area (Å²) in [5, 5.41) is 8.04. The topological polar surface area (TPSA) is 57.7 Å². The van der Waals surface area contributed by atoms with E-state index in [-0.39, 0.29) is 20.1 Å². The fourth-order valence-corrected chi connectivity index (χ4v) is 3.71. The summed E-state index contributed by atoms with van der Waals surface area (Å²) >= 11 is 4.08. The largest absolute Gasteiger partial charge is 0.796 e. The predicted octanol–water partition coefficient (Wildman–Crippen LogP) is 3.73. The molecule has 0 spiro atoms. The van der Waals surface area contributed by atoms with Gasteiger partial charge in [-0.2, -0.15) is 15.0 Å². The van der Waals surface area contributed by atoms with E-state index < -0.39 is 6.61 Å². The monoisotopic (exact) mass is 622 g/mol. The van der Waals surface area contributed by atoms with Crippen molar-refractivity contribution in [2.45, 2.75) is 44.8 Å². The van der Waals surface area contributed by atoms with Gasteiger partial charge in [0.05, 0.1) is 13.2 Å². The zero-order valence-corrected chi connectivity index (χ0v) is 20.5. The van der Waals surface area contributed by atoms with Crippen molar-refractivity contribution in [2.24, 2.45) is 0 Å². The molecule has 2 aliphatic rings. The quantitative estimate of drug-likeness (QED) is 0.499. The Morgan fingerprint density at radius 3 is 2.50 bits per heavy atom. The van der Waals surface area contributed by atoms with Gasteiger partial charge in [-0.25, -0.2) is 0 Å². The minimum absolute atomic E-state index is 0. The van der Waals surface area contributed by atoms with Gasteiger partial charge < -0.3 is 37.1 Å². The second kappa shape index (κ2) is 15.2. The molecule has 0 amide bonds. The minimum Gasteiger partial charge on any atom is -0.796 e. The average molecular weight is 622 g/mol. The van der Waals surface area contributed by atoms with Gasteiger partial charge in [0.1, 0.15) is 11.9 Å². The third-order valence-corrected chi connectivity index (χ3v) is 5.11. The first-order chi connectivity index (χ1) is 14.1. The van der Waals surface area contributed by atoms with Gasteiger partial charge in [0.25, 0.3) is 0 Å². The number of halogens is 2. The van der Waals surface area contributed by atoms with E-state index in [4.69, 9.17) is 14.6 Å². The number of hydrogen-bond acceptors (Lipinski definition) is 5. The van der Waals surface area contributed by atoms with Crippen LogP contribution in [0.25, 0.3) is 10.9 Å². The van der Waals surface area contributed by atoms with Crippen molar-refractivity contribution in [3.63, 3.8) is 0 Å². The van der Waals surface area contributed by atoms with Crippen LogP contribution in [0, 0.1) is 0 Å². The molecule has 2 saturated heterocycles. The molecule has 5 nitrogen and oxygen atoms in total. The standard InChI is InChI=1S/C19H26N2O2.CH2F2O.CH4S.Ir/c1-2-9-21(8-1)10-5-15-14-20-19-4-3-17(13-18(15)19)23-16-6-11-22-12-7-16;2-1(3)4;1-2;/h3-4,13-14,16,20H,1-2,5-12H2;1,4H;2H,1H3;/p-1. The van der Waals surface area contributed by atoms with Crippen molar-refractivity contribution in [1.82, 2.24) is 9.88 Å². The van der Waals surface area contributed by atoms with Crippen LogP contribution in [0.15, 0.2) is 24.4 Å². The molecule has 2 aromatic rings. The van der Waals surface area contributed by atoms with Gasteiger partial charge in [-0.3, -0.25) is 0 Å². The molecule has 3 heterocycles. The molecule has 0 bridgehead atoms. The molecule has 0 unspecified atom stereocenters. The Bertz CT molecular complexity index is 706. The van der Waals surface area contributed by atoms with Crippen molar-refractivity contribution >= 4 is 23.5 Å². The zero-order chi connectivity index (χ0) is 21.1. The van der Waals surface area contributed by atoms with E-state index in [9.17, 15) is 8.78 Å². The van der Waals surface area contributed by atoms with Crippen molar-refractivity contribution < 1.29 is 43.5 Å². The fourth-order valence-electron chi connectivity index (χ4n) is 3.71. The molecule has 30 heavy (non-hydrogen) atoms. The SMILES string of the molecule is C[S-].OC(F)F.[Ir].c1cc2[nH]cc(CCN3CCCC3)c2cc1OC1CCOCC1. The molecule has 0 aliphatic carbocycles. The fraction of sp³-hybridized carbons (Fsp3) is 0.619. The first-order valence-electron chi connectivity index (χ1n) is 10.1. The molecule has 1 aromatic heterocycles. The number of aliphatic hydroxyl groups excluding tert-OH is 1. The Morgan fingerprint density at radius 1 is 1.23 bits per heavy atom. The third kappa shape index (κ3) is 9.20. The molecule has 1 radical (unpaired) electrons. The number of rotatable bonds is 5. The summed E-state index contributed by atoms with van der Waals surface area (Å²) in [6.45, 7) is 2.16. The van der Waals surface area contributed by atoms with Gasteiger partial charge in [-0.1, -0.05) is 0 Å². The van der Waals surface area contributed by atoms with E-state index in [2.05, 4.69) is 46.9 Å². The molecule has 9 heteroatoms. The van der Waals surface area contributed by atoms with E-state index in [0.29, 0.717) is 6.10 Å². The first-order valence-corrected chi connectivity index (χ1v) is 10.9. The molecular formula is C21H31F2IrN2O3S-. The van der Waals surface area contributed by atoms with Gasteiger partial charge in [0, 0.05) is 56.6 Å². The Kier molecular flexibility index (Phi) is 13.8. The number of ether oxygens (including phenoxy) is 2. The van der Waals surface area contributed by atoms with E-state index in [1.165, 1.54) is 42.4 Å². The van der Waals surface area contributed by atoms with Crippen LogP contribution in [0.5, 0.6) is 5.75 Å². The number of aromatic nitrogens is 1. The number of nitrogens with one attached hydrogen (secondary N) is 1. The molecule has 4 rings (SSSR count). The molecule has 2 aliphatic heterocycles. The molecule has 0 saturated carbocycles. The van der Waals surface area contributed by atoms with Gasteiger partial charge in [-0.15, -0.1) is 0 Å². The predicted molar refractivity (Wildman–Crippen MR) is 114 cm³/mol. The van der Waals surface area contributed by atoms with Crippen molar-refractivity contribution in [2.75, 3.05) is 39.1 Å². The number of fused-ring (bicyclic) bond motifs is 1. The summed E-state index contributed by atoms with van der Waals surface area (Å²) < 4.78 is 31.3. The van der Waals surface area contributed by atoms with Crippen LogP contribution < -0.4 is 4.74 Å². The molecule has 173 valence electrons. The Hall–Kier alpha value is -0.701. The summed E-state index contributed by atoms with van der Waals surface area (Å²) in [5.74, 6) is 0.992. The van der Waals surface area contributed by atoms with E-state index in [1.54, 1.807) is 6.26 Å². The molecule has 0 atom stereocenters. The Morgan fingerprint density at radius 2 is 1.87 bits per heavy atom. The first kappa shape index (κ1) is 27.3. The van der Waals surface area contributed by atoms with Crippen LogP contribution in [0.1, 0.15) is 31.2 Å². The molecular weight excluding hydrogens is 591 g/mol. The van der Waals surface area contributed by atoms with Crippen molar-refractivity contribution in [1.29, 1.82) is 0 Å². The number of alkyl halides is 2. The summed E-state index contributed by atoms with van der Waals surface area (Å²) in [7, 11) is 0. The number of likely N-dealkylation sites (tertiary alicyclic amines) is 1. The van der Waals surface area contributed by atoms with Gasteiger partial charge in [-0.05, 0) is 56.1 Å². The molecule has 2 N–H and O–H groups in total. The Balaban J connectivity index is 0.000000580. The van der Waals surface area contributed by atoms with E-state index in [0.717, 1.165) is 44.8 Å². The molecule has 1 aromatic carbocycles. The van der Waals surface area contributed by atoms with Crippen LogP contribution in [0.2, 0.25) is 0 Å². The van der Waals surface area contributed by atoms with Gasteiger partial charge in [0.15, 0.2) is 0 Å². The van der Waals surface area contributed by atoms with Crippen LogP contribution in [-0.4, -0.2) is 66.8 Å². The van der Waals surface area contributed by atoms with Crippen LogP contribution in [-0.2, 0) is 43.9 Å². The van der Waals surface area contributed by atoms with Crippen molar-refractivity contribution in [3.8, 4) is 5.75 Å². The van der Waals surface area contributed by atoms with Crippen molar-refractivity contribution in [3.05, 3.63) is 30.0 Å². The van der Waals surface area contributed by atoms with Crippen LogP contribution in [0.3, 0.4) is 0 Å². The summed E-state index contributed by atoms with van der Waals surface area (Å²) in [6.07, 6.45) is 9.86. The summed E-state index contributed by atoms with van der Waals surface area (Å²) in [5.41, 5.74) is 2.62. The minimum atomic E-state index is -3.17. The maximum absolute atomic E-state index is 9.89. The molecule has 2 fully saturated rings. The smallest absolute Gasteiger partial charge is 0.342 e. The van der Waals surface area contributed by atoms with E-state index >= 15 is 0 Å². The third-order valence-electron chi connectivity index (χ3n) is 5.11. The normalized spacial score (nSPS) is 17.0. The van der Waals surface area contributed by atoms with Crippen LogP contribution in [0.4, 0.5) is 8.78 Å². The van der Waals surface area contributed by atoms with Crippen LogP contribution >= 0.6 is 0 Å². The number of aliphatic hydroxyl groups is 1. The zero-order valence-electron chi connectivity index (χ0n) is 17.2. The number of nitrogens with zero attached hydrogens (tertiary/aromatic N) is 1. The average Bonchev–Trinajstić information content (AvgIpc) is 3.38. The Labute approximate surface area is 196 Å². The number of hydrogen-bond donors (Lipinski definition) is 2. The maximum atomic E-state index is 9.89. The van der Waals surface area contributed by atoms with E-state index in [1.807, 2.05) is 0 Å². The summed E-state index contributed by atoms with van der Waals surface area (Å²) in [6, 6.07) is 6.43. The maximum Gasteiger partial charge on any atom is 0.342 e. The number of aromatic amines is 1. The summed E-state index contributed by atoms with van der Waals surface area (Å²) in [4.78, 5) is 5.97. The number of H-pyrrole nitrogens is 1. The van der Waals surface area contributed by atoms with Gasteiger partial charge in [0.2, 0.25) is 0 Å². The number of benzene rings is 1.